The normalized spacial score (nSPS) is 17.9. The highest BCUT2D eigenvalue weighted by Gasteiger charge is 2.48. The Hall–Kier alpha value is -1.02. The Labute approximate surface area is 87.5 Å². The molecule has 0 atom stereocenters. The molecule has 3 heteroatoms. The fraction of sp³-hybridized carbons (Fsp3) is 0.364. The SMILES string of the molecule is CC(=O)C1(c2ccc(O)c(Cl)c2)CC1. The first kappa shape index (κ1) is 9.53. The van der Waals surface area contributed by atoms with Gasteiger partial charge in [0.05, 0.1) is 10.4 Å². The van der Waals surface area contributed by atoms with Crippen molar-refractivity contribution in [1.82, 2.24) is 0 Å². The van der Waals surface area contributed by atoms with E-state index in [1.165, 1.54) is 0 Å². The molecule has 1 fully saturated rings. The number of phenolic OH excluding ortho intramolecular Hbond substituents is 1. The summed E-state index contributed by atoms with van der Waals surface area (Å²) >= 11 is 5.79. The largest absolute Gasteiger partial charge is 0.506 e. The molecular formula is C11H11ClO2. The van der Waals surface area contributed by atoms with Gasteiger partial charge in [-0.15, -0.1) is 0 Å². The minimum Gasteiger partial charge on any atom is -0.506 e. The van der Waals surface area contributed by atoms with E-state index in [0.29, 0.717) is 5.02 Å². The Morgan fingerprint density at radius 1 is 1.50 bits per heavy atom. The number of phenols is 1. The number of benzene rings is 1. The number of hydrogen-bond acceptors (Lipinski definition) is 2. The highest BCUT2D eigenvalue weighted by molar-refractivity contribution is 6.32. The van der Waals surface area contributed by atoms with E-state index in [0.717, 1.165) is 18.4 Å². The minimum absolute atomic E-state index is 0.0646. The van der Waals surface area contributed by atoms with Crippen molar-refractivity contribution in [1.29, 1.82) is 0 Å². The van der Waals surface area contributed by atoms with E-state index in [1.54, 1.807) is 25.1 Å². The van der Waals surface area contributed by atoms with Crippen molar-refractivity contribution >= 4 is 17.4 Å². The van der Waals surface area contributed by atoms with Gasteiger partial charge in [-0.1, -0.05) is 17.7 Å². The Morgan fingerprint density at radius 2 is 2.14 bits per heavy atom. The molecule has 2 rings (SSSR count). The zero-order valence-electron chi connectivity index (χ0n) is 7.88. The molecule has 1 saturated carbocycles. The summed E-state index contributed by atoms with van der Waals surface area (Å²) in [6.45, 7) is 1.60. The topological polar surface area (TPSA) is 37.3 Å². The second kappa shape index (κ2) is 2.99. The summed E-state index contributed by atoms with van der Waals surface area (Å²) in [4.78, 5) is 11.4. The molecule has 0 bridgehead atoms. The van der Waals surface area contributed by atoms with Crippen molar-refractivity contribution in [3.63, 3.8) is 0 Å². The lowest BCUT2D eigenvalue weighted by Crippen LogP contribution is -2.16. The van der Waals surface area contributed by atoms with Gasteiger partial charge in [0.15, 0.2) is 0 Å². The third-order valence-corrected chi connectivity index (χ3v) is 3.23. The van der Waals surface area contributed by atoms with Crippen molar-refractivity contribution in [2.75, 3.05) is 0 Å². The number of rotatable bonds is 2. The summed E-state index contributed by atoms with van der Waals surface area (Å²) in [5.74, 6) is 0.244. The summed E-state index contributed by atoms with van der Waals surface area (Å²) in [6, 6.07) is 5.00. The number of hydrogen-bond donors (Lipinski definition) is 1. The van der Waals surface area contributed by atoms with Gasteiger partial charge in [0, 0.05) is 0 Å². The molecule has 0 amide bonds. The van der Waals surface area contributed by atoms with Crippen molar-refractivity contribution in [3.05, 3.63) is 28.8 Å². The molecule has 0 aliphatic heterocycles. The smallest absolute Gasteiger partial charge is 0.140 e. The monoisotopic (exact) mass is 210 g/mol. The van der Waals surface area contributed by atoms with E-state index in [4.69, 9.17) is 11.6 Å². The summed E-state index contributed by atoms with van der Waals surface area (Å²) in [7, 11) is 0. The van der Waals surface area contributed by atoms with E-state index < -0.39 is 0 Å². The average molecular weight is 211 g/mol. The Kier molecular flexibility index (Phi) is 2.04. The van der Waals surface area contributed by atoms with E-state index in [2.05, 4.69) is 0 Å². The molecule has 0 radical (unpaired) electrons. The van der Waals surface area contributed by atoms with Gasteiger partial charge in [-0.05, 0) is 37.5 Å². The molecule has 1 aliphatic carbocycles. The third kappa shape index (κ3) is 1.30. The van der Waals surface area contributed by atoms with Crippen molar-refractivity contribution < 1.29 is 9.90 Å². The molecule has 1 N–H and O–H groups in total. The second-order valence-electron chi connectivity index (χ2n) is 3.80. The van der Waals surface area contributed by atoms with Gasteiger partial charge in [-0.2, -0.15) is 0 Å². The van der Waals surface area contributed by atoms with Crippen LogP contribution in [0.2, 0.25) is 5.02 Å². The third-order valence-electron chi connectivity index (χ3n) is 2.92. The summed E-state index contributed by atoms with van der Waals surface area (Å²) in [5, 5.41) is 9.57. The maximum absolute atomic E-state index is 11.4. The van der Waals surface area contributed by atoms with Gasteiger partial charge < -0.3 is 5.11 Å². The summed E-state index contributed by atoms with van der Waals surface area (Å²) in [5.41, 5.74) is 0.616. The van der Waals surface area contributed by atoms with Crippen LogP contribution in [0.5, 0.6) is 5.75 Å². The van der Waals surface area contributed by atoms with Crippen molar-refractivity contribution in [2.45, 2.75) is 25.2 Å². The number of halogens is 1. The molecular weight excluding hydrogens is 200 g/mol. The van der Waals surface area contributed by atoms with Gasteiger partial charge in [0.2, 0.25) is 0 Å². The molecule has 0 heterocycles. The summed E-state index contributed by atoms with van der Waals surface area (Å²) in [6.07, 6.45) is 1.78. The van der Waals surface area contributed by atoms with E-state index in [1.807, 2.05) is 0 Å². The van der Waals surface area contributed by atoms with Crippen molar-refractivity contribution in [3.8, 4) is 5.75 Å². The van der Waals surface area contributed by atoms with Crippen molar-refractivity contribution in [2.24, 2.45) is 0 Å². The van der Waals surface area contributed by atoms with Crippen LogP contribution < -0.4 is 0 Å². The highest BCUT2D eigenvalue weighted by atomic mass is 35.5. The van der Waals surface area contributed by atoms with Crippen LogP contribution in [0.1, 0.15) is 25.3 Å². The zero-order valence-corrected chi connectivity index (χ0v) is 8.64. The number of carbonyl (C=O) groups is 1. The maximum Gasteiger partial charge on any atom is 0.140 e. The summed E-state index contributed by atoms with van der Waals surface area (Å²) < 4.78 is 0. The number of ketones is 1. The van der Waals surface area contributed by atoms with Gasteiger partial charge in [-0.3, -0.25) is 4.79 Å². The van der Waals surface area contributed by atoms with Crippen LogP contribution in [0.3, 0.4) is 0 Å². The number of Topliss-reactive ketones (excluding diaryl/α,β-unsaturated/α-hetero) is 1. The lowest BCUT2D eigenvalue weighted by Gasteiger charge is -2.12. The first-order valence-corrected chi connectivity index (χ1v) is 4.94. The van der Waals surface area contributed by atoms with E-state index in [-0.39, 0.29) is 16.9 Å². The molecule has 0 unspecified atom stereocenters. The molecule has 14 heavy (non-hydrogen) atoms. The standard InChI is InChI=1S/C11H11ClO2/c1-7(13)11(4-5-11)8-2-3-10(14)9(12)6-8/h2-3,6,14H,4-5H2,1H3. The molecule has 1 aromatic carbocycles. The van der Waals surface area contributed by atoms with Gasteiger partial charge in [0.1, 0.15) is 11.5 Å². The molecule has 1 aliphatic rings. The molecule has 2 nitrogen and oxygen atoms in total. The van der Waals surface area contributed by atoms with Crippen LogP contribution in [0.25, 0.3) is 0 Å². The molecule has 0 aromatic heterocycles. The van der Waals surface area contributed by atoms with Gasteiger partial charge in [0.25, 0.3) is 0 Å². The molecule has 0 spiro atoms. The van der Waals surface area contributed by atoms with Crippen LogP contribution >= 0.6 is 11.6 Å². The predicted octanol–water partition coefficient (Wildman–Crippen LogP) is 2.67. The minimum atomic E-state index is -0.308. The van der Waals surface area contributed by atoms with Gasteiger partial charge >= 0.3 is 0 Å². The van der Waals surface area contributed by atoms with Crippen LogP contribution in [-0.4, -0.2) is 10.9 Å². The fourth-order valence-corrected chi connectivity index (χ4v) is 1.95. The zero-order chi connectivity index (χ0) is 10.3. The second-order valence-corrected chi connectivity index (χ2v) is 4.21. The Morgan fingerprint density at radius 3 is 2.57 bits per heavy atom. The highest BCUT2D eigenvalue weighted by Crippen LogP contribution is 2.49. The number of aromatic hydroxyl groups is 1. The van der Waals surface area contributed by atoms with Crippen LogP contribution in [0.15, 0.2) is 18.2 Å². The quantitative estimate of drug-likeness (QED) is 0.815. The fourth-order valence-electron chi connectivity index (χ4n) is 1.77. The first-order chi connectivity index (χ1) is 6.56. The van der Waals surface area contributed by atoms with E-state index >= 15 is 0 Å². The first-order valence-electron chi connectivity index (χ1n) is 4.56. The molecule has 0 saturated heterocycles. The average Bonchev–Trinajstić information content (AvgIpc) is 2.90. The lowest BCUT2D eigenvalue weighted by molar-refractivity contribution is -0.119. The molecule has 74 valence electrons. The van der Waals surface area contributed by atoms with E-state index in [9.17, 15) is 9.90 Å². The van der Waals surface area contributed by atoms with Gasteiger partial charge in [-0.25, -0.2) is 0 Å². The molecule has 1 aromatic rings. The Bertz CT molecular complexity index is 394. The lowest BCUT2D eigenvalue weighted by atomic mass is 9.92. The predicted molar refractivity (Wildman–Crippen MR) is 54.7 cm³/mol. The van der Waals surface area contributed by atoms with Crippen LogP contribution in [-0.2, 0) is 10.2 Å². The van der Waals surface area contributed by atoms with Crippen LogP contribution in [0, 0.1) is 0 Å². The number of carbonyl (C=O) groups excluding carboxylic acids is 1. The Balaban J connectivity index is 2.43. The maximum atomic E-state index is 11.4. The van der Waals surface area contributed by atoms with Crippen LogP contribution in [0.4, 0.5) is 0 Å².